The Morgan fingerprint density at radius 2 is 0.679 bits per heavy atom. The van der Waals surface area contributed by atoms with E-state index in [4.69, 9.17) is 0 Å². The van der Waals surface area contributed by atoms with Gasteiger partial charge < -0.3 is 15.3 Å². The largest absolute Gasteiger partial charge is 0.385 e. The number of nitrogens with zero attached hydrogens (tertiary/aromatic N) is 3. The van der Waals surface area contributed by atoms with Gasteiger partial charge in [-0.05, 0) is 83.1 Å². The molecule has 7 heteroatoms. The van der Waals surface area contributed by atoms with E-state index >= 15 is 0 Å². The second-order valence-electron chi connectivity index (χ2n) is 7.86. The summed E-state index contributed by atoms with van der Waals surface area (Å²) in [6.45, 7) is 24.0. The summed E-state index contributed by atoms with van der Waals surface area (Å²) in [7, 11) is 0. The van der Waals surface area contributed by atoms with Crippen LogP contribution < -0.4 is 0 Å². The van der Waals surface area contributed by atoms with Crippen molar-refractivity contribution in [2.24, 2.45) is 15.0 Å². The molecule has 0 rings (SSSR count). The van der Waals surface area contributed by atoms with E-state index < -0.39 is 16.8 Å². The van der Waals surface area contributed by atoms with Crippen LogP contribution in [0.5, 0.6) is 0 Å². The van der Waals surface area contributed by atoms with Gasteiger partial charge >= 0.3 is 0 Å². The molecule has 0 heterocycles. The summed E-state index contributed by atoms with van der Waals surface area (Å²) in [6.07, 6.45) is 0. The van der Waals surface area contributed by atoms with Crippen molar-refractivity contribution in [1.29, 1.82) is 0 Å². The first kappa shape index (κ1) is 35.4. The molecule has 0 saturated carbocycles. The first-order valence-corrected chi connectivity index (χ1v) is 9.66. The summed E-state index contributed by atoms with van der Waals surface area (Å²) in [5.74, 6) is 0. The summed E-state index contributed by atoms with van der Waals surface area (Å²) in [6, 6.07) is 0. The third kappa shape index (κ3) is 22.3. The van der Waals surface area contributed by atoms with Gasteiger partial charge in [-0.3, -0.25) is 15.0 Å². The van der Waals surface area contributed by atoms with E-state index in [1.54, 1.807) is 41.5 Å². The zero-order valence-electron chi connectivity index (χ0n) is 20.4. The van der Waals surface area contributed by atoms with Gasteiger partial charge in [-0.2, -0.15) is 0 Å². The fourth-order valence-electron chi connectivity index (χ4n) is 1.29. The van der Waals surface area contributed by atoms with Gasteiger partial charge in [0, 0.05) is 69.5 Å². The minimum Gasteiger partial charge on any atom is -0.385 e. The van der Waals surface area contributed by atoms with Crippen LogP contribution in [0.1, 0.15) is 83.1 Å². The number of aliphatic hydroxyl groups is 3. The molecular weight excluding hydrogens is 431 g/mol. The van der Waals surface area contributed by atoms with E-state index in [0.717, 1.165) is 36.8 Å². The molecule has 0 aliphatic rings. The van der Waals surface area contributed by atoms with Crippen LogP contribution in [0, 0.1) is 0 Å². The van der Waals surface area contributed by atoms with E-state index in [9.17, 15) is 15.3 Å². The second-order valence-corrected chi connectivity index (χ2v) is 7.86. The number of rotatable bonds is 6. The normalized spacial score (nSPS) is 13.6. The second kappa shape index (κ2) is 16.8. The number of aliphatic imine (C=N–C) groups is 3. The first-order chi connectivity index (χ1) is 11.9. The van der Waals surface area contributed by atoms with Gasteiger partial charge in [0.2, 0.25) is 0 Å². The predicted molar refractivity (Wildman–Crippen MR) is 120 cm³/mol. The van der Waals surface area contributed by atoms with Gasteiger partial charge in [-0.25, -0.2) is 0 Å². The molecule has 0 saturated heterocycles. The van der Waals surface area contributed by atoms with Crippen molar-refractivity contribution in [3.05, 3.63) is 0 Å². The first-order valence-electron chi connectivity index (χ1n) is 9.66. The zero-order chi connectivity index (χ0) is 22.5. The molecule has 0 aromatic carbocycles. The average Bonchev–Trinajstić information content (AvgIpc) is 2.46. The minimum absolute atomic E-state index is 0. The van der Waals surface area contributed by atoms with Crippen molar-refractivity contribution >= 4 is 17.1 Å². The Morgan fingerprint density at radius 1 is 0.536 bits per heavy atom. The Kier molecular flexibility index (Phi) is 21.2. The fraction of sp³-hybridized carbons (Fsp3) is 0.857. The number of hydrogen-bond acceptors (Lipinski definition) is 6. The van der Waals surface area contributed by atoms with Crippen LogP contribution >= 0.6 is 0 Å². The summed E-state index contributed by atoms with van der Waals surface area (Å²) < 4.78 is 0. The molecule has 28 heavy (non-hydrogen) atoms. The molecule has 0 aliphatic carbocycles. The molecule has 0 aromatic rings. The Morgan fingerprint density at radius 3 is 0.714 bits per heavy atom. The Balaban J connectivity index is -0.000000152. The maximum absolute atomic E-state index is 9.29. The standard InChI is InChI=1S/3C7H15NO.Y/c3*1-5-8-6(2)7(3,4)9;/h3*9H,5H2,1-4H3;. The van der Waals surface area contributed by atoms with Gasteiger partial charge in [0.15, 0.2) is 0 Å². The summed E-state index contributed by atoms with van der Waals surface area (Å²) >= 11 is 0. The molecule has 0 unspecified atom stereocenters. The third-order valence-corrected chi connectivity index (χ3v) is 3.84. The van der Waals surface area contributed by atoms with Crippen molar-refractivity contribution in [2.45, 2.75) is 99.9 Å². The molecule has 0 atom stereocenters. The van der Waals surface area contributed by atoms with E-state index in [2.05, 4.69) is 15.0 Å². The van der Waals surface area contributed by atoms with Gasteiger partial charge in [0.1, 0.15) is 0 Å². The molecule has 0 aliphatic heterocycles. The summed E-state index contributed by atoms with van der Waals surface area (Å²) in [4.78, 5) is 12.2. The predicted octanol–water partition coefficient (Wildman–Crippen LogP) is 3.71. The van der Waals surface area contributed by atoms with E-state index in [1.807, 2.05) is 41.5 Å². The van der Waals surface area contributed by atoms with Crippen molar-refractivity contribution in [2.75, 3.05) is 19.6 Å². The van der Waals surface area contributed by atoms with E-state index in [0.29, 0.717) is 0 Å². The monoisotopic (exact) mass is 476 g/mol. The number of hydrogen-bond donors (Lipinski definition) is 3. The topological polar surface area (TPSA) is 97.8 Å². The summed E-state index contributed by atoms with van der Waals surface area (Å²) in [5.41, 5.74) is 0.169. The quantitative estimate of drug-likeness (QED) is 0.510. The Bertz CT molecular complexity index is 409. The van der Waals surface area contributed by atoms with Gasteiger partial charge in [-0.15, -0.1) is 0 Å². The molecule has 0 spiro atoms. The molecule has 6 nitrogen and oxygen atoms in total. The van der Waals surface area contributed by atoms with Crippen LogP contribution in [0.3, 0.4) is 0 Å². The SMILES string of the molecule is CCN=C(C)C(C)(C)O.CCN=C(C)C(C)(C)O.CCN=C(C)C(C)(C)O.[Y]. The third-order valence-electron chi connectivity index (χ3n) is 3.84. The van der Waals surface area contributed by atoms with Crippen LogP contribution in [0.4, 0.5) is 0 Å². The minimum atomic E-state index is -0.740. The molecular formula is C21H45N3O3Y. The fourth-order valence-corrected chi connectivity index (χ4v) is 1.29. The Labute approximate surface area is 199 Å². The van der Waals surface area contributed by atoms with Gasteiger partial charge in [-0.1, -0.05) is 0 Å². The molecule has 1 radical (unpaired) electrons. The maximum atomic E-state index is 9.29. The zero-order valence-corrected chi connectivity index (χ0v) is 23.2. The van der Waals surface area contributed by atoms with Crippen LogP contribution in [-0.2, 0) is 32.7 Å². The van der Waals surface area contributed by atoms with Crippen LogP contribution in [0.2, 0.25) is 0 Å². The molecule has 0 amide bonds. The van der Waals surface area contributed by atoms with Crippen LogP contribution in [-0.4, -0.2) is 68.9 Å². The van der Waals surface area contributed by atoms with E-state index in [-0.39, 0.29) is 32.7 Å². The smallest absolute Gasteiger partial charge is 0.0963 e. The van der Waals surface area contributed by atoms with Crippen molar-refractivity contribution in [3.63, 3.8) is 0 Å². The molecule has 165 valence electrons. The molecule has 0 aromatic heterocycles. The van der Waals surface area contributed by atoms with Gasteiger partial charge in [0.25, 0.3) is 0 Å². The molecule has 0 fully saturated rings. The van der Waals surface area contributed by atoms with Crippen molar-refractivity contribution in [1.82, 2.24) is 0 Å². The summed E-state index contributed by atoms with van der Waals surface area (Å²) in [5, 5.41) is 27.9. The average molecular weight is 477 g/mol. The molecule has 0 bridgehead atoms. The van der Waals surface area contributed by atoms with Crippen molar-refractivity contribution in [3.8, 4) is 0 Å². The van der Waals surface area contributed by atoms with Crippen LogP contribution in [0.25, 0.3) is 0 Å². The van der Waals surface area contributed by atoms with E-state index in [1.165, 1.54) is 0 Å². The van der Waals surface area contributed by atoms with Crippen LogP contribution in [0.15, 0.2) is 15.0 Å². The van der Waals surface area contributed by atoms with Crippen molar-refractivity contribution < 1.29 is 48.0 Å². The maximum Gasteiger partial charge on any atom is 0.0963 e. The van der Waals surface area contributed by atoms with Gasteiger partial charge in [0.05, 0.1) is 16.8 Å². The molecule has 3 N–H and O–H groups in total. The Hall–Kier alpha value is -0.00610.